The monoisotopic (exact) mass is 614 g/mol. The van der Waals surface area contributed by atoms with Gasteiger partial charge in [0.25, 0.3) is 0 Å². The topological polar surface area (TPSA) is 85.6 Å². The Labute approximate surface area is 261 Å². The summed E-state index contributed by atoms with van der Waals surface area (Å²) in [6.45, 7) is 6.56. The third kappa shape index (κ3) is 5.73. The molecule has 3 aromatic carbocycles. The Morgan fingerprint density at radius 3 is 2.65 bits per heavy atom. The van der Waals surface area contributed by atoms with Crippen molar-refractivity contribution in [2.45, 2.75) is 31.3 Å². The van der Waals surface area contributed by atoms with Crippen molar-refractivity contribution in [3.8, 4) is 23.2 Å². The Bertz CT molecular complexity index is 1750. The van der Waals surface area contributed by atoms with Crippen molar-refractivity contribution >= 4 is 56.6 Å². The smallest absolute Gasteiger partial charge is 0.319 e. The summed E-state index contributed by atoms with van der Waals surface area (Å²) in [4.78, 5) is 28.4. The van der Waals surface area contributed by atoms with Gasteiger partial charge in [-0.25, -0.2) is 0 Å². The molecule has 2 atom stereocenters. The molecule has 1 aromatic heterocycles. The van der Waals surface area contributed by atoms with E-state index in [1.807, 2.05) is 48.5 Å². The van der Waals surface area contributed by atoms with Crippen LogP contribution in [0.25, 0.3) is 32.8 Å². The first-order valence-corrected chi connectivity index (χ1v) is 15.2. The molecule has 2 aliphatic rings. The molecule has 0 unspecified atom stereocenters. The number of nitrogens with zero attached hydrogens (tertiary/aromatic N) is 6. The van der Waals surface area contributed by atoms with Gasteiger partial charge in [0.2, 0.25) is 5.91 Å². The van der Waals surface area contributed by atoms with Crippen LogP contribution < -0.4 is 9.64 Å². The van der Waals surface area contributed by atoms with Gasteiger partial charge in [-0.3, -0.25) is 4.79 Å². The number of piperazine rings is 1. The minimum Gasteiger partial charge on any atom is -0.462 e. The summed E-state index contributed by atoms with van der Waals surface area (Å²) in [5.74, 6) is 0.483. The van der Waals surface area contributed by atoms with Crippen LogP contribution in [0.15, 0.2) is 61.2 Å². The molecule has 0 N–H and O–H groups in total. The first-order valence-electron chi connectivity index (χ1n) is 14.4. The van der Waals surface area contributed by atoms with Crippen LogP contribution in [0.3, 0.4) is 0 Å². The highest BCUT2D eigenvalue weighted by atomic mass is 35.5. The zero-order valence-corrected chi connectivity index (χ0v) is 25.5. The highest BCUT2D eigenvalue weighted by Crippen LogP contribution is 2.40. The molecule has 0 spiro atoms. The molecule has 6 rings (SSSR count). The van der Waals surface area contributed by atoms with E-state index >= 15 is 0 Å². The number of likely N-dealkylation sites (N-methyl/N-ethyl adjacent to an activating group) is 1. The predicted octanol–water partition coefficient (Wildman–Crippen LogP) is 6.35. The number of ether oxygens (including phenoxy) is 1. The van der Waals surface area contributed by atoms with E-state index in [1.54, 1.807) is 4.90 Å². The summed E-state index contributed by atoms with van der Waals surface area (Å²) in [5.41, 5.74) is 2.41. The van der Waals surface area contributed by atoms with Gasteiger partial charge in [0.1, 0.15) is 12.4 Å². The summed E-state index contributed by atoms with van der Waals surface area (Å²) in [7, 11) is 2.11. The highest BCUT2D eigenvalue weighted by Gasteiger charge is 2.31. The lowest BCUT2D eigenvalue weighted by Gasteiger charge is -2.41. The molecule has 2 saturated heterocycles. The van der Waals surface area contributed by atoms with Gasteiger partial charge in [0, 0.05) is 52.1 Å². The summed E-state index contributed by atoms with van der Waals surface area (Å²) >= 11 is 13.7. The number of fused-ring (bicyclic) bond motifs is 2. The van der Waals surface area contributed by atoms with E-state index in [1.165, 1.54) is 6.08 Å². The SMILES string of the molecule is C=CC(=O)N1CCN(c2nc(OC[C@@H]3CCCN3C)nc3cc(-c4cccc5cccc(Cl)c45)c(Cl)cc23)C[C@@H]1CC#N. The third-order valence-electron chi connectivity index (χ3n) is 8.53. The van der Waals surface area contributed by atoms with Crippen molar-refractivity contribution in [1.29, 1.82) is 5.26 Å². The third-order valence-corrected chi connectivity index (χ3v) is 9.16. The van der Waals surface area contributed by atoms with Crippen molar-refractivity contribution in [3.05, 3.63) is 71.2 Å². The molecule has 2 aliphatic heterocycles. The van der Waals surface area contributed by atoms with Gasteiger partial charge in [-0.2, -0.15) is 15.2 Å². The van der Waals surface area contributed by atoms with Gasteiger partial charge < -0.3 is 19.4 Å². The first-order chi connectivity index (χ1) is 20.9. The van der Waals surface area contributed by atoms with Crippen LogP contribution in [-0.4, -0.2) is 77.6 Å². The molecule has 0 saturated carbocycles. The first kappa shape index (κ1) is 29.2. The molecule has 220 valence electrons. The van der Waals surface area contributed by atoms with Crippen LogP contribution in [0.5, 0.6) is 6.01 Å². The van der Waals surface area contributed by atoms with Gasteiger partial charge in [-0.1, -0.05) is 60.1 Å². The fourth-order valence-electron chi connectivity index (χ4n) is 6.24. The summed E-state index contributed by atoms with van der Waals surface area (Å²) in [5, 5.41) is 13.4. The molecule has 0 bridgehead atoms. The number of anilines is 1. The minimum absolute atomic E-state index is 0.182. The lowest BCUT2D eigenvalue weighted by Crippen LogP contribution is -2.55. The van der Waals surface area contributed by atoms with E-state index in [-0.39, 0.29) is 24.4 Å². The Morgan fingerprint density at radius 1 is 1.09 bits per heavy atom. The Morgan fingerprint density at radius 2 is 1.91 bits per heavy atom. The number of hydrogen-bond acceptors (Lipinski definition) is 7. The molecule has 3 heterocycles. The molecule has 10 heteroatoms. The highest BCUT2D eigenvalue weighted by molar-refractivity contribution is 6.38. The van der Waals surface area contributed by atoms with E-state index in [0.29, 0.717) is 53.7 Å². The van der Waals surface area contributed by atoms with Crippen molar-refractivity contribution in [2.75, 3.05) is 44.7 Å². The number of aromatic nitrogens is 2. The second-order valence-electron chi connectivity index (χ2n) is 11.1. The number of amides is 1. The molecule has 0 radical (unpaired) electrons. The predicted molar refractivity (Wildman–Crippen MR) is 172 cm³/mol. The average molecular weight is 616 g/mol. The van der Waals surface area contributed by atoms with Crippen LogP contribution in [0.4, 0.5) is 5.82 Å². The number of likely N-dealkylation sites (tertiary alicyclic amines) is 1. The molecule has 1 amide bonds. The van der Waals surface area contributed by atoms with Crippen molar-refractivity contribution < 1.29 is 9.53 Å². The zero-order chi connectivity index (χ0) is 30.1. The van der Waals surface area contributed by atoms with Crippen molar-refractivity contribution in [3.63, 3.8) is 0 Å². The van der Waals surface area contributed by atoms with Gasteiger partial charge in [0.15, 0.2) is 0 Å². The standard InChI is InChI=1S/C33H32Cl2N6O2/c1-3-30(42)41-16-15-40(19-22(41)12-13-36)32-26-17-28(35)25(24-10-4-7-21-8-5-11-27(34)31(21)24)18-29(26)37-33(38-32)43-20-23-9-6-14-39(23)2/h3-5,7-8,10-11,17-18,22-23H,1,6,9,12,14-16,19-20H2,2H3/t22-,23-/m0/s1. The van der Waals surface area contributed by atoms with Crippen molar-refractivity contribution in [1.82, 2.24) is 19.8 Å². The molecule has 43 heavy (non-hydrogen) atoms. The second-order valence-corrected chi connectivity index (χ2v) is 11.9. The normalized spacial score (nSPS) is 19.1. The number of carbonyl (C=O) groups is 1. The van der Waals surface area contributed by atoms with Gasteiger partial charge in [-0.15, -0.1) is 0 Å². The van der Waals surface area contributed by atoms with Gasteiger partial charge in [0.05, 0.1) is 24.0 Å². The molecule has 4 aromatic rings. The largest absolute Gasteiger partial charge is 0.462 e. The van der Waals surface area contributed by atoms with Crippen LogP contribution in [0.1, 0.15) is 19.3 Å². The number of hydrogen-bond donors (Lipinski definition) is 0. The Balaban J connectivity index is 1.45. The molecule has 0 aliphatic carbocycles. The van der Waals surface area contributed by atoms with Crippen LogP contribution in [0, 0.1) is 11.3 Å². The number of nitriles is 1. The van der Waals surface area contributed by atoms with E-state index in [0.717, 1.165) is 46.7 Å². The van der Waals surface area contributed by atoms with Crippen LogP contribution >= 0.6 is 23.2 Å². The lowest BCUT2D eigenvalue weighted by atomic mass is 9.97. The Hall–Kier alpha value is -3.90. The van der Waals surface area contributed by atoms with Gasteiger partial charge in [-0.05, 0) is 61.7 Å². The maximum atomic E-state index is 12.5. The van der Waals surface area contributed by atoms with Crippen LogP contribution in [-0.2, 0) is 4.79 Å². The molecular weight excluding hydrogens is 583 g/mol. The summed E-state index contributed by atoms with van der Waals surface area (Å²) < 4.78 is 6.24. The number of carbonyl (C=O) groups excluding carboxylic acids is 1. The second kappa shape index (κ2) is 12.4. The summed E-state index contributed by atoms with van der Waals surface area (Å²) in [6.07, 6.45) is 3.70. The molecule has 8 nitrogen and oxygen atoms in total. The maximum absolute atomic E-state index is 12.5. The fourth-order valence-corrected chi connectivity index (χ4v) is 6.79. The van der Waals surface area contributed by atoms with Gasteiger partial charge >= 0.3 is 6.01 Å². The molecular formula is C33H32Cl2N6O2. The van der Waals surface area contributed by atoms with Crippen molar-refractivity contribution in [2.24, 2.45) is 0 Å². The quantitative estimate of drug-likeness (QED) is 0.224. The van der Waals surface area contributed by atoms with E-state index < -0.39 is 0 Å². The number of rotatable bonds is 7. The Kier molecular flexibility index (Phi) is 8.40. The number of halogens is 2. The van der Waals surface area contributed by atoms with E-state index in [9.17, 15) is 10.1 Å². The zero-order valence-electron chi connectivity index (χ0n) is 24.0. The van der Waals surface area contributed by atoms with E-state index in [4.69, 9.17) is 37.9 Å². The fraction of sp³-hybridized carbons (Fsp3) is 0.333. The molecule has 2 fully saturated rings. The minimum atomic E-state index is -0.307. The number of benzene rings is 3. The van der Waals surface area contributed by atoms with E-state index in [2.05, 4.69) is 29.5 Å². The summed E-state index contributed by atoms with van der Waals surface area (Å²) in [6, 6.07) is 18.2. The average Bonchev–Trinajstić information content (AvgIpc) is 3.43. The van der Waals surface area contributed by atoms with Crippen LogP contribution in [0.2, 0.25) is 10.0 Å². The lowest BCUT2D eigenvalue weighted by molar-refractivity contribution is -0.128. The maximum Gasteiger partial charge on any atom is 0.319 e.